The average Bonchev–Trinajstić information content (AvgIpc) is 2.21. The van der Waals surface area contributed by atoms with Gasteiger partial charge in [0.05, 0.1) is 0 Å². The second-order valence-corrected chi connectivity index (χ2v) is 2.51. The molecule has 0 N–H and O–H groups in total. The van der Waals surface area contributed by atoms with Crippen LogP contribution in [0, 0.1) is 17.7 Å². The first kappa shape index (κ1) is 17.9. The van der Waals surface area contributed by atoms with E-state index < -0.39 is 0 Å². The van der Waals surface area contributed by atoms with Crippen LogP contribution < -0.4 is 17.0 Å². The Morgan fingerprint density at radius 1 is 0.750 bits per heavy atom. The first-order valence-corrected chi connectivity index (χ1v) is 4.11. The zero-order valence-corrected chi connectivity index (χ0v) is 11.5. The molecule has 2 aromatic carbocycles. The summed E-state index contributed by atoms with van der Waals surface area (Å²) in [6.45, 7) is 0. The van der Waals surface area contributed by atoms with Gasteiger partial charge in [0, 0.05) is 5.82 Å². The molecule has 0 saturated carbocycles. The van der Waals surface area contributed by atoms with Crippen molar-refractivity contribution in [2.45, 2.75) is 0 Å². The van der Waals surface area contributed by atoms with E-state index in [1.165, 1.54) is 36.4 Å². The summed E-state index contributed by atoms with van der Waals surface area (Å²) in [7, 11) is 0. The molecule has 0 aliphatic rings. The van der Waals surface area contributed by atoms with Crippen molar-refractivity contribution in [3.05, 3.63) is 72.3 Å². The van der Waals surface area contributed by atoms with Crippen molar-refractivity contribution in [3.8, 4) is 0 Å². The maximum absolute atomic E-state index is 11.9. The maximum Gasteiger partial charge on any atom is 2.00 e. The number of hydrogen-bond acceptors (Lipinski definition) is 0. The van der Waals surface area contributed by atoms with Crippen molar-refractivity contribution >= 4 is 23.1 Å². The van der Waals surface area contributed by atoms with Crippen molar-refractivity contribution in [2.75, 3.05) is 0 Å². The van der Waals surface area contributed by atoms with Gasteiger partial charge in [0.2, 0.25) is 0 Å². The minimum Gasteiger partial charge on any atom is -1.00 e. The number of halogens is 3. The SMILES string of the molecule is Fc1cc[c-]cc1.Fc1ccccc1.[Br-].[Mg+2]. The summed E-state index contributed by atoms with van der Waals surface area (Å²) in [5.41, 5.74) is 0. The molecule has 2 rings (SSSR count). The molecular weight excluding hydrogens is 286 g/mol. The van der Waals surface area contributed by atoms with Gasteiger partial charge in [0.25, 0.3) is 0 Å². The van der Waals surface area contributed by atoms with E-state index in [1.54, 1.807) is 18.2 Å². The third kappa shape index (κ3) is 8.82. The van der Waals surface area contributed by atoms with Crippen LogP contribution in [0.15, 0.2) is 54.6 Å². The second-order valence-electron chi connectivity index (χ2n) is 2.51. The fourth-order valence-corrected chi connectivity index (χ4v) is 0.781. The molecule has 0 aliphatic carbocycles. The van der Waals surface area contributed by atoms with E-state index in [2.05, 4.69) is 6.07 Å². The van der Waals surface area contributed by atoms with Crippen LogP contribution in [0.1, 0.15) is 0 Å². The Kier molecular flexibility index (Phi) is 12.4. The minimum atomic E-state index is -0.209. The molecule has 0 heterocycles. The number of rotatable bonds is 0. The first-order chi connectivity index (χ1) is 6.79. The first-order valence-electron chi connectivity index (χ1n) is 4.11. The molecule has 0 aromatic heterocycles. The molecule has 0 saturated heterocycles. The summed E-state index contributed by atoms with van der Waals surface area (Å²) in [5.74, 6) is -0.388. The van der Waals surface area contributed by atoms with Crippen molar-refractivity contribution in [1.29, 1.82) is 0 Å². The molecule has 0 spiro atoms. The Morgan fingerprint density at radius 3 is 1.44 bits per heavy atom. The summed E-state index contributed by atoms with van der Waals surface area (Å²) in [6.07, 6.45) is 0. The van der Waals surface area contributed by atoms with Crippen molar-refractivity contribution < 1.29 is 25.8 Å². The molecule has 16 heavy (non-hydrogen) atoms. The van der Waals surface area contributed by atoms with Crippen LogP contribution in [0.3, 0.4) is 0 Å². The second kappa shape index (κ2) is 11.0. The summed E-state index contributed by atoms with van der Waals surface area (Å²) in [4.78, 5) is 0. The molecular formula is C12H9BrF2Mg. The molecule has 0 nitrogen and oxygen atoms in total. The van der Waals surface area contributed by atoms with Gasteiger partial charge in [0.1, 0.15) is 5.82 Å². The Balaban J connectivity index is 0. The van der Waals surface area contributed by atoms with Gasteiger partial charge in [-0.15, -0.1) is 12.1 Å². The van der Waals surface area contributed by atoms with Gasteiger partial charge in [0.15, 0.2) is 0 Å². The molecule has 2 aromatic rings. The predicted molar refractivity (Wildman–Crippen MR) is 57.4 cm³/mol. The van der Waals surface area contributed by atoms with E-state index in [9.17, 15) is 8.78 Å². The van der Waals surface area contributed by atoms with Gasteiger partial charge in [-0.05, 0) is 12.1 Å². The van der Waals surface area contributed by atoms with Gasteiger partial charge in [-0.2, -0.15) is 18.2 Å². The Labute approximate surface area is 121 Å². The molecule has 0 atom stereocenters. The topological polar surface area (TPSA) is 0 Å². The monoisotopic (exact) mass is 294 g/mol. The van der Waals surface area contributed by atoms with E-state index >= 15 is 0 Å². The summed E-state index contributed by atoms with van der Waals surface area (Å²) >= 11 is 0. The quantitative estimate of drug-likeness (QED) is 0.477. The van der Waals surface area contributed by atoms with E-state index in [0.717, 1.165) is 0 Å². The van der Waals surface area contributed by atoms with E-state index in [0.29, 0.717) is 0 Å². The molecule has 0 amide bonds. The molecule has 4 heteroatoms. The van der Waals surface area contributed by atoms with Crippen LogP contribution in [-0.4, -0.2) is 23.1 Å². The van der Waals surface area contributed by atoms with Crippen molar-refractivity contribution in [1.82, 2.24) is 0 Å². The third-order valence-electron chi connectivity index (χ3n) is 1.41. The molecule has 80 valence electrons. The Bertz CT molecular complexity index is 316. The smallest absolute Gasteiger partial charge is 1.00 e. The van der Waals surface area contributed by atoms with Crippen molar-refractivity contribution in [3.63, 3.8) is 0 Å². The molecule has 0 aliphatic heterocycles. The summed E-state index contributed by atoms with van der Waals surface area (Å²) in [5, 5.41) is 0. The zero-order chi connectivity index (χ0) is 10.2. The average molecular weight is 295 g/mol. The van der Waals surface area contributed by atoms with E-state index in [1.807, 2.05) is 0 Å². The maximum atomic E-state index is 11.9. The molecule has 0 unspecified atom stereocenters. The van der Waals surface area contributed by atoms with Crippen molar-refractivity contribution in [2.24, 2.45) is 0 Å². The summed E-state index contributed by atoms with van der Waals surface area (Å²) in [6, 6.07) is 16.4. The predicted octanol–water partition coefficient (Wildman–Crippen LogP) is 0.0748. The normalized spacial score (nSPS) is 7.62. The zero-order valence-electron chi connectivity index (χ0n) is 8.54. The Morgan fingerprint density at radius 2 is 1.19 bits per heavy atom. The van der Waals surface area contributed by atoms with Gasteiger partial charge in [-0.25, -0.2) is 8.78 Å². The largest absolute Gasteiger partial charge is 2.00 e. The van der Waals surface area contributed by atoms with Gasteiger partial charge in [-0.1, -0.05) is 18.2 Å². The molecule has 0 fully saturated rings. The number of hydrogen-bond donors (Lipinski definition) is 0. The fraction of sp³-hybridized carbons (Fsp3) is 0. The molecule has 0 bridgehead atoms. The van der Waals surface area contributed by atoms with Crippen LogP contribution in [0.4, 0.5) is 8.78 Å². The van der Waals surface area contributed by atoms with E-state index in [4.69, 9.17) is 0 Å². The Hall–Kier alpha value is -0.454. The standard InChI is InChI=1S/C6H5F.C6H4F.BrH.Mg/c2*7-6-4-2-1-3-5-6;;/h1-5H;2-5H;1H;/q;-1;;+2/p-1. The van der Waals surface area contributed by atoms with Crippen LogP contribution in [0.2, 0.25) is 0 Å². The summed E-state index contributed by atoms with van der Waals surface area (Å²) < 4.78 is 23.8. The van der Waals surface area contributed by atoms with Gasteiger partial charge < -0.3 is 17.0 Å². The van der Waals surface area contributed by atoms with Crippen LogP contribution in [0.5, 0.6) is 0 Å². The third-order valence-corrected chi connectivity index (χ3v) is 1.41. The van der Waals surface area contributed by atoms with Crippen LogP contribution in [0.25, 0.3) is 0 Å². The fourth-order valence-electron chi connectivity index (χ4n) is 0.781. The van der Waals surface area contributed by atoms with E-state index in [-0.39, 0.29) is 51.7 Å². The number of benzene rings is 2. The minimum absolute atomic E-state index is 0. The van der Waals surface area contributed by atoms with Crippen LogP contribution >= 0.6 is 0 Å². The van der Waals surface area contributed by atoms with Gasteiger partial charge >= 0.3 is 23.1 Å². The molecule has 0 radical (unpaired) electrons. The van der Waals surface area contributed by atoms with Crippen LogP contribution in [-0.2, 0) is 0 Å². The van der Waals surface area contributed by atoms with Gasteiger partial charge in [-0.3, -0.25) is 0 Å².